The van der Waals surface area contributed by atoms with Crippen molar-refractivity contribution in [3.05, 3.63) is 161 Å². The molecule has 5 aromatic carbocycles. The van der Waals surface area contributed by atoms with Gasteiger partial charge in [0.25, 0.3) is 0 Å². The summed E-state index contributed by atoms with van der Waals surface area (Å²) >= 11 is 0. The van der Waals surface area contributed by atoms with Gasteiger partial charge in [0, 0.05) is 28.2 Å². The van der Waals surface area contributed by atoms with E-state index in [1.165, 1.54) is 33.4 Å². The Hall–Kier alpha value is -4.56. The summed E-state index contributed by atoms with van der Waals surface area (Å²) in [4.78, 5) is 0. The molecule has 6 rings (SSSR count). The minimum absolute atomic E-state index is 0.260. The molecule has 38 heavy (non-hydrogen) atoms. The van der Waals surface area contributed by atoms with E-state index in [0.29, 0.717) is 0 Å². The molecule has 2 heteroatoms. The molecular formula is C36H32N2. The number of hydrogen-bond donors (Lipinski definition) is 2. The van der Waals surface area contributed by atoms with Gasteiger partial charge in [0.1, 0.15) is 0 Å². The van der Waals surface area contributed by atoms with Crippen LogP contribution in [0, 0.1) is 0 Å². The third kappa shape index (κ3) is 4.18. The molecule has 2 N–H and O–H groups in total. The first kappa shape index (κ1) is 23.8. The molecule has 0 fully saturated rings. The number of fused-ring (bicyclic) bond motifs is 2. The van der Waals surface area contributed by atoms with E-state index in [2.05, 4.69) is 133 Å². The fourth-order valence-electron chi connectivity index (χ4n) is 6.12. The van der Waals surface area contributed by atoms with Crippen molar-refractivity contribution in [1.82, 2.24) is 0 Å². The lowest BCUT2D eigenvalue weighted by molar-refractivity contribution is 0.570. The highest BCUT2D eigenvalue weighted by Gasteiger charge is 2.41. The number of hydrogen-bond acceptors (Lipinski definition) is 2. The Balaban J connectivity index is 1.51. The van der Waals surface area contributed by atoms with E-state index in [1.807, 2.05) is 18.2 Å². The van der Waals surface area contributed by atoms with Gasteiger partial charge in [0.15, 0.2) is 0 Å². The normalized spacial score (nSPS) is 13.2. The highest BCUT2D eigenvalue weighted by molar-refractivity contribution is 5.71. The van der Waals surface area contributed by atoms with Crippen LogP contribution in [-0.4, -0.2) is 0 Å². The minimum atomic E-state index is -0.260. The first-order chi connectivity index (χ1) is 18.7. The van der Waals surface area contributed by atoms with Crippen molar-refractivity contribution in [2.75, 3.05) is 10.6 Å². The van der Waals surface area contributed by atoms with Crippen LogP contribution in [-0.2, 0) is 11.8 Å². The van der Waals surface area contributed by atoms with Gasteiger partial charge in [-0.25, -0.2) is 0 Å². The van der Waals surface area contributed by atoms with Crippen molar-refractivity contribution in [1.29, 1.82) is 0 Å². The van der Waals surface area contributed by atoms with E-state index in [4.69, 9.17) is 0 Å². The summed E-state index contributed by atoms with van der Waals surface area (Å²) in [6, 6.07) is 43.3. The van der Waals surface area contributed by atoms with E-state index in [9.17, 15) is 0 Å². The Morgan fingerprint density at radius 1 is 0.605 bits per heavy atom. The van der Waals surface area contributed by atoms with Gasteiger partial charge in [-0.05, 0) is 94.8 Å². The van der Waals surface area contributed by atoms with Crippen LogP contribution in [0.3, 0.4) is 0 Å². The molecule has 0 spiro atoms. The molecule has 5 aromatic rings. The van der Waals surface area contributed by atoms with Crippen LogP contribution in [0.2, 0.25) is 0 Å². The summed E-state index contributed by atoms with van der Waals surface area (Å²) in [5.74, 6) is 0. The Bertz CT molecular complexity index is 1490. The highest BCUT2D eigenvalue weighted by Crippen LogP contribution is 2.50. The number of nitrogens with one attached hydrogen (secondary N) is 2. The molecule has 0 radical (unpaired) electrons. The van der Waals surface area contributed by atoms with E-state index in [-0.39, 0.29) is 5.41 Å². The first-order valence-electron chi connectivity index (χ1n) is 13.3. The zero-order valence-electron chi connectivity index (χ0n) is 21.7. The summed E-state index contributed by atoms with van der Waals surface area (Å²) in [5, 5.41) is 7.20. The van der Waals surface area contributed by atoms with Crippen molar-refractivity contribution in [2.24, 2.45) is 0 Å². The first-order valence-corrected chi connectivity index (χ1v) is 13.3. The number of benzene rings is 5. The van der Waals surface area contributed by atoms with Gasteiger partial charge < -0.3 is 10.6 Å². The molecule has 0 heterocycles. The van der Waals surface area contributed by atoms with Gasteiger partial charge in [-0.1, -0.05) is 92.4 Å². The number of para-hydroxylation sites is 2. The third-order valence-corrected chi connectivity index (χ3v) is 7.81. The van der Waals surface area contributed by atoms with Gasteiger partial charge >= 0.3 is 0 Å². The summed E-state index contributed by atoms with van der Waals surface area (Å²) < 4.78 is 0. The van der Waals surface area contributed by atoms with E-state index in [1.54, 1.807) is 0 Å². The molecule has 0 saturated heterocycles. The standard InChI is InChI=1S/C36H32N2/c1-3-26-13-11-12-18-33(26)36(4-2)34-21-19-31(37-29-14-7-5-8-15-29)24-27(34)23-28-25-32(20-22-35(28)36)38-30-16-9-6-10-17-30/h3,5-22,24-25,37-38H,1,4,23H2,2H3. The smallest absolute Gasteiger partial charge is 0.0460 e. The average molecular weight is 493 g/mol. The zero-order valence-corrected chi connectivity index (χ0v) is 21.7. The number of rotatable bonds is 7. The van der Waals surface area contributed by atoms with Crippen molar-refractivity contribution in [2.45, 2.75) is 25.2 Å². The maximum atomic E-state index is 4.17. The second-order valence-electron chi connectivity index (χ2n) is 9.95. The van der Waals surface area contributed by atoms with Crippen LogP contribution in [0.1, 0.15) is 46.7 Å². The van der Waals surface area contributed by atoms with Crippen LogP contribution in [0.5, 0.6) is 0 Å². The van der Waals surface area contributed by atoms with Crippen LogP contribution < -0.4 is 10.6 Å². The molecular weight excluding hydrogens is 460 g/mol. The summed E-state index contributed by atoms with van der Waals surface area (Å²) in [7, 11) is 0. The quantitative estimate of drug-likeness (QED) is 0.236. The zero-order chi connectivity index (χ0) is 26.0. The lowest BCUT2D eigenvalue weighted by atomic mass is 9.60. The van der Waals surface area contributed by atoms with E-state index >= 15 is 0 Å². The van der Waals surface area contributed by atoms with Crippen molar-refractivity contribution in [3.8, 4) is 0 Å². The fourth-order valence-corrected chi connectivity index (χ4v) is 6.12. The molecule has 0 aromatic heterocycles. The van der Waals surface area contributed by atoms with Crippen molar-refractivity contribution >= 4 is 28.8 Å². The van der Waals surface area contributed by atoms with Crippen LogP contribution in [0.15, 0.2) is 128 Å². The maximum absolute atomic E-state index is 4.17. The third-order valence-electron chi connectivity index (χ3n) is 7.81. The van der Waals surface area contributed by atoms with E-state index in [0.717, 1.165) is 35.6 Å². The predicted molar refractivity (Wildman–Crippen MR) is 162 cm³/mol. The summed E-state index contributed by atoms with van der Waals surface area (Å²) in [6.07, 6.45) is 3.84. The predicted octanol–water partition coefficient (Wildman–Crippen LogP) is 9.47. The molecule has 2 nitrogen and oxygen atoms in total. The second kappa shape index (κ2) is 10.1. The Kier molecular flexibility index (Phi) is 6.31. The molecule has 0 saturated carbocycles. The summed E-state index contributed by atoms with van der Waals surface area (Å²) in [5.41, 5.74) is 12.1. The Morgan fingerprint density at radius 2 is 1.11 bits per heavy atom. The average Bonchev–Trinajstić information content (AvgIpc) is 2.97. The molecule has 0 bridgehead atoms. The SMILES string of the molecule is C=Cc1ccccc1C1(CC)c2ccc(Nc3ccccc3)cc2Cc2cc(Nc3ccccc3)ccc21. The Morgan fingerprint density at radius 3 is 1.61 bits per heavy atom. The summed E-state index contributed by atoms with van der Waals surface area (Å²) in [6.45, 7) is 6.48. The van der Waals surface area contributed by atoms with Crippen molar-refractivity contribution < 1.29 is 0 Å². The molecule has 1 aliphatic rings. The van der Waals surface area contributed by atoms with Gasteiger partial charge in [0.2, 0.25) is 0 Å². The van der Waals surface area contributed by atoms with Gasteiger partial charge in [-0.15, -0.1) is 0 Å². The fraction of sp³-hybridized carbons (Fsp3) is 0.111. The van der Waals surface area contributed by atoms with Crippen molar-refractivity contribution in [3.63, 3.8) is 0 Å². The van der Waals surface area contributed by atoms with Gasteiger partial charge in [-0.2, -0.15) is 0 Å². The lowest BCUT2D eigenvalue weighted by Crippen LogP contribution is -2.35. The monoisotopic (exact) mass is 492 g/mol. The lowest BCUT2D eigenvalue weighted by Gasteiger charge is -2.42. The molecule has 0 unspecified atom stereocenters. The molecule has 0 aliphatic heterocycles. The molecule has 0 amide bonds. The number of anilines is 4. The van der Waals surface area contributed by atoms with Crippen LogP contribution in [0.25, 0.3) is 6.08 Å². The van der Waals surface area contributed by atoms with Crippen LogP contribution in [0.4, 0.5) is 22.7 Å². The molecule has 186 valence electrons. The highest BCUT2D eigenvalue weighted by atomic mass is 14.9. The van der Waals surface area contributed by atoms with Crippen LogP contribution >= 0.6 is 0 Å². The minimum Gasteiger partial charge on any atom is -0.356 e. The molecule has 1 aliphatic carbocycles. The van der Waals surface area contributed by atoms with E-state index < -0.39 is 0 Å². The largest absolute Gasteiger partial charge is 0.356 e. The Labute approximate surface area is 225 Å². The maximum Gasteiger partial charge on any atom is 0.0460 e. The van der Waals surface area contributed by atoms with Gasteiger partial charge in [-0.3, -0.25) is 0 Å². The molecule has 0 atom stereocenters. The second-order valence-corrected chi connectivity index (χ2v) is 9.95. The van der Waals surface area contributed by atoms with Gasteiger partial charge in [0.05, 0.1) is 0 Å². The topological polar surface area (TPSA) is 24.1 Å².